The topological polar surface area (TPSA) is 45.2 Å². The van der Waals surface area contributed by atoms with Crippen LogP contribution < -0.4 is 5.32 Å². The molecule has 16 heavy (non-hydrogen) atoms. The molecule has 1 aromatic rings. The Kier molecular flexibility index (Phi) is 3.95. The zero-order valence-corrected chi connectivity index (χ0v) is 10.8. The van der Waals surface area contributed by atoms with E-state index in [4.69, 9.17) is 0 Å². The molecule has 0 aromatic carbocycles. The molecule has 1 saturated carbocycles. The third-order valence-electron chi connectivity index (χ3n) is 3.26. The lowest BCUT2D eigenvalue weighted by atomic mass is 9.92. The molecule has 0 bridgehead atoms. The Hall–Kier alpha value is -0.450. The monoisotopic (exact) mass is 240 g/mol. The van der Waals surface area contributed by atoms with Gasteiger partial charge in [0.1, 0.15) is 0 Å². The first-order valence-electron chi connectivity index (χ1n) is 6.01. The van der Waals surface area contributed by atoms with Gasteiger partial charge in [-0.3, -0.25) is 0 Å². The van der Waals surface area contributed by atoms with Crippen LogP contribution >= 0.6 is 11.3 Å². The molecule has 90 valence electrons. The maximum atomic E-state index is 9.44. The molecule has 1 unspecified atom stereocenters. The molecule has 1 heterocycles. The summed E-state index contributed by atoms with van der Waals surface area (Å²) in [6.07, 6.45) is 3.94. The second-order valence-electron chi connectivity index (χ2n) is 4.69. The van der Waals surface area contributed by atoms with E-state index in [1.54, 1.807) is 11.3 Å². The van der Waals surface area contributed by atoms with E-state index in [1.165, 1.54) is 0 Å². The number of nitrogens with zero attached hydrogens (tertiary/aromatic N) is 1. The van der Waals surface area contributed by atoms with E-state index in [2.05, 4.69) is 22.6 Å². The van der Waals surface area contributed by atoms with Crippen LogP contribution in [0.15, 0.2) is 5.38 Å². The molecular weight excluding hydrogens is 220 g/mol. The summed E-state index contributed by atoms with van der Waals surface area (Å²) in [5.74, 6) is 0. The Morgan fingerprint density at radius 2 is 2.12 bits per heavy atom. The number of aliphatic hydroxyl groups is 1. The second kappa shape index (κ2) is 5.25. The summed E-state index contributed by atoms with van der Waals surface area (Å²) in [5.41, 5.74) is 1.15. The highest BCUT2D eigenvalue weighted by Crippen LogP contribution is 2.22. The summed E-state index contributed by atoms with van der Waals surface area (Å²) in [5, 5.41) is 16.3. The number of hydrogen-bond donors (Lipinski definition) is 2. The molecule has 1 aliphatic rings. The largest absolute Gasteiger partial charge is 0.393 e. The minimum Gasteiger partial charge on any atom is -0.393 e. The molecular formula is C12H20N2OS. The van der Waals surface area contributed by atoms with Gasteiger partial charge in [-0.25, -0.2) is 4.98 Å². The highest BCUT2D eigenvalue weighted by Gasteiger charge is 2.21. The third kappa shape index (κ3) is 3.03. The lowest BCUT2D eigenvalue weighted by molar-refractivity contribution is 0.114. The normalized spacial score (nSPS) is 27.9. The lowest BCUT2D eigenvalue weighted by Crippen LogP contribution is -2.36. The fourth-order valence-corrected chi connectivity index (χ4v) is 2.97. The van der Waals surface area contributed by atoms with Gasteiger partial charge in [0.15, 0.2) is 0 Å². The van der Waals surface area contributed by atoms with Crippen molar-refractivity contribution in [3.63, 3.8) is 0 Å². The van der Waals surface area contributed by atoms with Crippen molar-refractivity contribution in [1.82, 2.24) is 10.3 Å². The van der Waals surface area contributed by atoms with E-state index in [9.17, 15) is 5.11 Å². The molecule has 2 rings (SSSR count). The fourth-order valence-electron chi connectivity index (χ4n) is 2.26. The minimum atomic E-state index is -0.0742. The average Bonchev–Trinajstić information content (AvgIpc) is 2.68. The first-order valence-corrected chi connectivity index (χ1v) is 6.89. The van der Waals surface area contributed by atoms with Gasteiger partial charge in [-0.2, -0.15) is 0 Å². The number of hydrogen-bond acceptors (Lipinski definition) is 4. The predicted octanol–water partition coefficient (Wildman–Crippen LogP) is 2.41. The zero-order valence-electron chi connectivity index (χ0n) is 9.94. The summed E-state index contributed by atoms with van der Waals surface area (Å²) in [4.78, 5) is 4.50. The molecule has 4 heteroatoms. The SMILES string of the molecule is Cc1nc(C(C)NC2CCC(O)CC2)cs1. The van der Waals surface area contributed by atoms with Gasteiger partial charge in [-0.1, -0.05) is 0 Å². The van der Waals surface area contributed by atoms with Crippen LogP contribution in [0.4, 0.5) is 0 Å². The first kappa shape index (κ1) is 12.0. The van der Waals surface area contributed by atoms with Crippen LogP contribution in [0.3, 0.4) is 0 Å². The Morgan fingerprint density at radius 1 is 1.44 bits per heavy atom. The van der Waals surface area contributed by atoms with Crippen molar-refractivity contribution in [2.45, 2.75) is 57.7 Å². The van der Waals surface area contributed by atoms with Crippen LogP contribution in [-0.4, -0.2) is 22.2 Å². The molecule has 1 fully saturated rings. The highest BCUT2D eigenvalue weighted by molar-refractivity contribution is 7.09. The number of aliphatic hydroxyl groups excluding tert-OH is 1. The standard InChI is InChI=1S/C12H20N2OS/c1-8(12-7-16-9(2)14-12)13-10-3-5-11(15)6-4-10/h7-8,10-11,13,15H,3-6H2,1-2H3. The van der Waals surface area contributed by atoms with E-state index >= 15 is 0 Å². The van der Waals surface area contributed by atoms with Crippen LogP contribution in [0.1, 0.15) is 49.4 Å². The molecule has 0 amide bonds. The molecule has 0 radical (unpaired) electrons. The molecule has 3 nitrogen and oxygen atoms in total. The summed E-state index contributed by atoms with van der Waals surface area (Å²) >= 11 is 1.70. The number of rotatable bonds is 3. The van der Waals surface area contributed by atoms with Crippen LogP contribution in [0.5, 0.6) is 0 Å². The van der Waals surface area contributed by atoms with Crippen LogP contribution in [0, 0.1) is 6.92 Å². The van der Waals surface area contributed by atoms with Gasteiger partial charge >= 0.3 is 0 Å². The maximum Gasteiger partial charge on any atom is 0.0898 e. The third-order valence-corrected chi connectivity index (χ3v) is 4.05. The maximum absolute atomic E-state index is 9.44. The predicted molar refractivity (Wildman–Crippen MR) is 66.7 cm³/mol. The Labute approximate surface area is 101 Å². The van der Waals surface area contributed by atoms with Gasteiger partial charge in [-0.05, 0) is 39.5 Å². The van der Waals surface area contributed by atoms with E-state index < -0.39 is 0 Å². The van der Waals surface area contributed by atoms with Gasteiger partial charge in [0.2, 0.25) is 0 Å². The van der Waals surface area contributed by atoms with Crippen LogP contribution in [-0.2, 0) is 0 Å². The summed E-state index contributed by atoms with van der Waals surface area (Å²) in [6, 6.07) is 0.866. The van der Waals surface area contributed by atoms with Gasteiger partial charge in [0.05, 0.1) is 16.8 Å². The smallest absolute Gasteiger partial charge is 0.0898 e. The van der Waals surface area contributed by atoms with Crippen LogP contribution in [0.2, 0.25) is 0 Å². The summed E-state index contributed by atoms with van der Waals surface area (Å²) in [7, 11) is 0. The van der Waals surface area contributed by atoms with E-state index in [-0.39, 0.29) is 6.10 Å². The van der Waals surface area contributed by atoms with E-state index in [0.29, 0.717) is 12.1 Å². The lowest BCUT2D eigenvalue weighted by Gasteiger charge is -2.28. The van der Waals surface area contributed by atoms with Crippen molar-refractivity contribution >= 4 is 11.3 Å². The molecule has 2 N–H and O–H groups in total. The van der Waals surface area contributed by atoms with Crippen LogP contribution in [0.25, 0.3) is 0 Å². The highest BCUT2D eigenvalue weighted by atomic mass is 32.1. The molecule has 0 aliphatic heterocycles. The number of aromatic nitrogens is 1. The zero-order chi connectivity index (χ0) is 11.5. The quantitative estimate of drug-likeness (QED) is 0.853. The Morgan fingerprint density at radius 3 is 2.69 bits per heavy atom. The van der Waals surface area contributed by atoms with E-state index in [0.717, 1.165) is 36.4 Å². The van der Waals surface area contributed by atoms with Crippen molar-refractivity contribution in [2.24, 2.45) is 0 Å². The Balaban J connectivity index is 1.85. The van der Waals surface area contributed by atoms with Crippen molar-refractivity contribution in [2.75, 3.05) is 0 Å². The van der Waals surface area contributed by atoms with Gasteiger partial charge in [-0.15, -0.1) is 11.3 Å². The van der Waals surface area contributed by atoms with Crippen molar-refractivity contribution < 1.29 is 5.11 Å². The molecule has 0 saturated heterocycles. The summed E-state index contributed by atoms with van der Waals surface area (Å²) < 4.78 is 0. The summed E-state index contributed by atoms with van der Waals surface area (Å²) in [6.45, 7) is 4.21. The number of thiazole rings is 1. The Bertz CT molecular complexity index is 332. The van der Waals surface area contributed by atoms with Gasteiger partial charge in [0.25, 0.3) is 0 Å². The molecule has 1 atom stereocenters. The molecule has 1 aliphatic carbocycles. The van der Waals surface area contributed by atoms with Gasteiger partial charge in [0, 0.05) is 17.5 Å². The average molecular weight is 240 g/mol. The van der Waals surface area contributed by atoms with Crippen molar-refractivity contribution in [3.05, 3.63) is 16.1 Å². The second-order valence-corrected chi connectivity index (χ2v) is 5.75. The molecule has 0 spiro atoms. The minimum absolute atomic E-state index is 0.0742. The first-order chi connectivity index (χ1) is 7.65. The number of aryl methyl sites for hydroxylation is 1. The molecule has 1 aromatic heterocycles. The fraction of sp³-hybridized carbons (Fsp3) is 0.750. The van der Waals surface area contributed by atoms with Crippen molar-refractivity contribution in [3.8, 4) is 0 Å². The van der Waals surface area contributed by atoms with Crippen molar-refractivity contribution in [1.29, 1.82) is 0 Å². The van der Waals surface area contributed by atoms with E-state index in [1.807, 2.05) is 6.92 Å². The van der Waals surface area contributed by atoms with Gasteiger partial charge < -0.3 is 10.4 Å². The number of nitrogens with one attached hydrogen (secondary N) is 1.